The molecule has 1 amide bonds. The molecule has 1 aromatic carbocycles. The van der Waals surface area contributed by atoms with Crippen molar-refractivity contribution in [3.8, 4) is 0 Å². The van der Waals surface area contributed by atoms with Gasteiger partial charge in [-0.1, -0.05) is 6.92 Å². The average Bonchev–Trinajstić information content (AvgIpc) is 2.44. The van der Waals surface area contributed by atoms with Crippen LogP contribution in [0.3, 0.4) is 0 Å². The van der Waals surface area contributed by atoms with Crippen LogP contribution in [0.4, 0.5) is 14.5 Å². The van der Waals surface area contributed by atoms with Crippen LogP contribution < -0.4 is 5.32 Å². The van der Waals surface area contributed by atoms with Gasteiger partial charge in [0.05, 0.1) is 13.2 Å². The zero-order valence-corrected chi connectivity index (χ0v) is 12.4. The standard InChI is InChI=1S/C15H22F2N2O2/c1-3-6-18-13-5-4-12(9-11(13)2)15(21)19(7-8-20)10-14(16)17/h4-5,9,14,18,20H,3,6-8,10H2,1-2H3. The zero-order chi connectivity index (χ0) is 15.8. The number of aryl methyl sites for hydroxylation is 1. The van der Waals surface area contributed by atoms with E-state index < -0.39 is 18.9 Å². The van der Waals surface area contributed by atoms with E-state index in [0.717, 1.165) is 29.1 Å². The second kappa shape index (κ2) is 8.56. The Kier molecular flexibility index (Phi) is 7.08. The third-order valence-corrected chi connectivity index (χ3v) is 3.05. The number of amides is 1. The molecule has 0 unspecified atom stereocenters. The van der Waals surface area contributed by atoms with Crippen molar-refractivity contribution >= 4 is 11.6 Å². The highest BCUT2D eigenvalue weighted by molar-refractivity contribution is 5.95. The van der Waals surface area contributed by atoms with Gasteiger partial charge in [-0.2, -0.15) is 0 Å². The Labute approximate surface area is 123 Å². The predicted molar refractivity (Wildman–Crippen MR) is 79.0 cm³/mol. The van der Waals surface area contributed by atoms with Gasteiger partial charge in [0.1, 0.15) is 0 Å². The highest BCUT2D eigenvalue weighted by Gasteiger charge is 2.19. The van der Waals surface area contributed by atoms with E-state index in [0.29, 0.717) is 5.56 Å². The smallest absolute Gasteiger partial charge is 0.255 e. The second-order valence-corrected chi connectivity index (χ2v) is 4.82. The Morgan fingerprint density at radius 3 is 2.67 bits per heavy atom. The van der Waals surface area contributed by atoms with Crippen LogP contribution in [0, 0.1) is 6.92 Å². The minimum Gasteiger partial charge on any atom is -0.395 e. The molecule has 1 aromatic rings. The number of nitrogens with one attached hydrogen (secondary N) is 1. The molecule has 0 aromatic heterocycles. The van der Waals surface area contributed by atoms with Crippen LogP contribution in [0.5, 0.6) is 0 Å². The molecule has 118 valence electrons. The summed E-state index contributed by atoms with van der Waals surface area (Å²) in [6.07, 6.45) is -1.63. The van der Waals surface area contributed by atoms with Crippen molar-refractivity contribution in [2.45, 2.75) is 26.7 Å². The van der Waals surface area contributed by atoms with E-state index in [1.54, 1.807) is 18.2 Å². The number of aliphatic hydroxyl groups excluding tert-OH is 1. The van der Waals surface area contributed by atoms with E-state index in [-0.39, 0.29) is 13.2 Å². The van der Waals surface area contributed by atoms with Crippen molar-refractivity contribution in [1.29, 1.82) is 0 Å². The number of anilines is 1. The number of alkyl halides is 2. The number of carbonyl (C=O) groups excluding carboxylic acids is 1. The van der Waals surface area contributed by atoms with Gasteiger partial charge in [-0.25, -0.2) is 8.78 Å². The summed E-state index contributed by atoms with van der Waals surface area (Å²) in [6, 6.07) is 5.07. The Bertz CT molecular complexity index is 467. The van der Waals surface area contributed by atoms with Gasteiger partial charge in [0.25, 0.3) is 12.3 Å². The lowest BCUT2D eigenvalue weighted by atomic mass is 10.1. The number of aliphatic hydroxyl groups is 1. The van der Waals surface area contributed by atoms with Gasteiger partial charge in [-0.05, 0) is 37.1 Å². The van der Waals surface area contributed by atoms with Crippen LogP contribution in [0.2, 0.25) is 0 Å². The van der Waals surface area contributed by atoms with Gasteiger partial charge in [-0.3, -0.25) is 4.79 Å². The third kappa shape index (κ3) is 5.30. The maximum Gasteiger partial charge on any atom is 0.255 e. The topological polar surface area (TPSA) is 52.6 Å². The van der Waals surface area contributed by atoms with Crippen molar-refractivity contribution in [2.75, 3.05) is 31.6 Å². The lowest BCUT2D eigenvalue weighted by Gasteiger charge is -2.22. The quantitative estimate of drug-likeness (QED) is 0.775. The highest BCUT2D eigenvalue weighted by atomic mass is 19.3. The fourth-order valence-electron chi connectivity index (χ4n) is 2.00. The summed E-state index contributed by atoms with van der Waals surface area (Å²) in [6.45, 7) is 3.63. The number of hydrogen-bond donors (Lipinski definition) is 2. The van der Waals surface area contributed by atoms with Crippen LogP contribution in [-0.4, -0.2) is 48.6 Å². The Hall–Kier alpha value is -1.69. The van der Waals surface area contributed by atoms with E-state index in [1.807, 2.05) is 6.92 Å². The zero-order valence-electron chi connectivity index (χ0n) is 12.4. The number of benzene rings is 1. The molecule has 0 fully saturated rings. The third-order valence-electron chi connectivity index (χ3n) is 3.05. The SMILES string of the molecule is CCCNc1ccc(C(=O)N(CCO)CC(F)F)cc1C. The molecular weight excluding hydrogens is 278 g/mol. The lowest BCUT2D eigenvalue weighted by molar-refractivity contribution is 0.0509. The van der Waals surface area contributed by atoms with E-state index in [1.165, 1.54) is 0 Å². The van der Waals surface area contributed by atoms with Crippen LogP contribution in [-0.2, 0) is 0 Å². The van der Waals surface area contributed by atoms with Crippen molar-refractivity contribution in [3.63, 3.8) is 0 Å². The van der Waals surface area contributed by atoms with Crippen molar-refractivity contribution in [1.82, 2.24) is 4.90 Å². The minimum absolute atomic E-state index is 0.0991. The molecule has 0 aliphatic rings. The minimum atomic E-state index is -2.62. The van der Waals surface area contributed by atoms with E-state index in [2.05, 4.69) is 12.2 Å². The highest BCUT2D eigenvalue weighted by Crippen LogP contribution is 2.18. The van der Waals surface area contributed by atoms with Gasteiger partial charge < -0.3 is 15.3 Å². The molecular formula is C15H22F2N2O2. The second-order valence-electron chi connectivity index (χ2n) is 4.82. The number of carbonyl (C=O) groups is 1. The van der Waals surface area contributed by atoms with Crippen LogP contribution in [0.1, 0.15) is 29.3 Å². The molecule has 0 bridgehead atoms. The molecule has 0 saturated heterocycles. The van der Waals surface area contributed by atoms with Crippen LogP contribution >= 0.6 is 0 Å². The summed E-state index contributed by atoms with van der Waals surface area (Å²) in [5, 5.41) is 12.1. The van der Waals surface area contributed by atoms with Crippen molar-refractivity contribution < 1.29 is 18.7 Å². The first-order chi connectivity index (χ1) is 9.99. The molecule has 0 spiro atoms. The summed E-state index contributed by atoms with van der Waals surface area (Å²) < 4.78 is 25.0. The summed E-state index contributed by atoms with van der Waals surface area (Å²) in [4.78, 5) is 13.2. The van der Waals surface area contributed by atoms with Gasteiger partial charge in [0.15, 0.2) is 0 Å². The number of rotatable bonds is 8. The first kappa shape index (κ1) is 17.4. The van der Waals surface area contributed by atoms with Crippen molar-refractivity contribution in [3.05, 3.63) is 29.3 Å². The van der Waals surface area contributed by atoms with Crippen LogP contribution in [0.15, 0.2) is 18.2 Å². The fraction of sp³-hybridized carbons (Fsp3) is 0.533. The molecule has 0 aliphatic carbocycles. The molecule has 0 atom stereocenters. The van der Waals surface area contributed by atoms with E-state index in [9.17, 15) is 13.6 Å². The van der Waals surface area contributed by atoms with Gasteiger partial charge in [-0.15, -0.1) is 0 Å². The Balaban J connectivity index is 2.87. The monoisotopic (exact) mass is 300 g/mol. The Morgan fingerprint density at radius 1 is 1.43 bits per heavy atom. The van der Waals surface area contributed by atoms with Gasteiger partial charge >= 0.3 is 0 Å². The summed E-state index contributed by atoms with van der Waals surface area (Å²) in [5.74, 6) is -0.491. The molecule has 0 saturated carbocycles. The molecule has 21 heavy (non-hydrogen) atoms. The first-order valence-electron chi connectivity index (χ1n) is 7.02. The van der Waals surface area contributed by atoms with Gasteiger partial charge in [0.2, 0.25) is 0 Å². The molecule has 6 heteroatoms. The lowest BCUT2D eigenvalue weighted by Crippen LogP contribution is -2.37. The molecule has 0 aliphatic heterocycles. The van der Waals surface area contributed by atoms with Crippen LogP contribution in [0.25, 0.3) is 0 Å². The fourth-order valence-corrected chi connectivity index (χ4v) is 2.00. The Morgan fingerprint density at radius 2 is 2.14 bits per heavy atom. The number of nitrogens with zero attached hydrogens (tertiary/aromatic N) is 1. The normalized spacial score (nSPS) is 10.8. The maximum atomic E-state index is 12.5. The summed E-state index contributed by atoms with van der Waals surface area (Å²) >= 11 is 0. The van der Waals surface area contributed by atoms with Gasteiger partial charge in [0, 0.05) is 24.3 Å². The predicted octanol–water partition coefficient (Wildman–Crippen LogP) is 2.52. The first-order valence-corrected chi connectivity index (χ1v) is 7.02. The van der Waals surface area contributed by atoms with E-state index in [4.69, 9.17) is 5.11 Å². The molecule has 4 nitrogen and oxygen atoms in total. The van der Waals surface area contributed by atoms with Crippen molar-refractivity contribution in [2.24, 2.45) is 0 Å². The molecule has 2 N–H and O–H groups in total. The maximum absolute atomic E-state index is 12.5. The van der Waals surface area contributed by atoms with E-state index >= 15 is 0 Å². The number of hydrogen-bond acceptors (Lipinski definition) is 3. The largest absolute Gasteiger partial charge is 0.395 e. The number of halogens is 2. The average molecular weight is 300 g/mol. The summed E-state index contributed by atoms with van der Waals surface area (Å²) in [7, 11) is 0. The molecule has 1 rings (SSSR count). The molecule has 0 heterocycles. The summed E-state index contributed by atoms with van der Waals surface area (Å²) in [5.41, 5.74) is 2.16. The molecule has 0 radical (unpaired) electrons.